The van der Waals surface area contributed by atoms with Gasteiger partial charge in [0.1, 0.15) is 22.8 Å². The molecule has 1 fully saturated rings. The van der Waals surface area contributed by atoms with Crippen LogP contribution >= 0.6 is 34.9 Å². The maximum Gasteiger partial charge on any atom is 0.352 e. The van der Waals surface area contributed by atoms with E-state index in [9.17, 15) is 19.5 Å². The number of terminal acetylenes is 1. The summed E-state index contributed by atoms with van der Waals surface area (Å²) in [5.41, 5.74) is 7.13. The number of carboxylic acid groups (broad SMARTS) is 1. The average molecular weight is 557 g/mol. The number of thiazole rings is 1. The first kappa shape index (κ1) is 26.3. The first-order valence-corrected chi connectivity index (χ1v) is 13.6. The lowest BCUT2D eigenvalue weighted by Gasteiger charge is -2.49. The third kappa shape index (κ3) is 5.96. The molecule has 0 radical (unpaired) electrons. The van der Waals surface area contributed by atoms with Gasteiger partial charge in [-0.15, -0.1) is 41.3 Å². The number of nitrogens with zero attached hydrogens (tertiary/aromatic N) is 4. The van der Waals surface area contributed by atoms with Crippen molar-refractivity contribution in [2.24, 2.45) is 5.16 Å². The molecule has 190 valence electrons. The summed E-state index contributed by atoms with van der Waals surface area (Å²) in [5.74, 6) is 0.581. The third-order valence-corrected chi connectivity index (χ3v) is 7.98. The lowest BCUT2D eigenvalue weighted by Crippen LogP contribution is -2.71. The Balaban J connectivity index is 1.45. The molecule has 0 aliphatic carbocycles. The van der Waals surface area contributed by atoms with Crippen molar-refractivity contribution >= 4 is 69.6 Å². The van der Waals surface area contributed by atoms with Gasteiger partial charge in [-0.3, -0.25) is 19.5 Å². The number of hydrogen-bond acceptors (Lipinski definition) is 11. The van der Waals surface area contributed by atoms with E-state index in [1.165, 1.54) is 33.8 Å². The van der Waals surface area contributed by atoms with Crippen LogP contribution in [0.1, 0.15) is 11.3 Å². The van der Waals surface area contributed by atoms with Gasteiger partial charge in [-0.25, -0.2) is 9.78 Å². The van der Waals surface area contributed by atoms with E-state index >= 15 is 0 Å². The minimum Gasteiger partial charge on any atom is -0.477 e. The summed E-state index contributed by atoms with van der Waals surface area (Å²) in [6.45, 7) is -0.171. The highest BCUT2D eigenvalue weighted by atomic mass is 32.2. The molecule has 2 amide bonds. The van der Waals surface area contributed by atoms with Gasteiger partial charge in [0.15, 0.2) is 17.5 Å². The predicted molar refractivity (Wildman–Crippen MR) is 143 cm³/mol. The van der Waals surface area contributed by atoms with Crippen LogP contribution in [0.5, 0.6) is 0 Å². The monoisotopic (exact) mass is 556 g/mol. The molecular weight excluding hydrogens is 536 g/mol. The smallest absolute Gasteiger partial charge is 0.352 e. The molecule has 14 heteroatoms. The number of aromatic nitrogens is 2. The lowest BCUT2D eigenvalue weighted by molar-refractivity contribution is -0.150. The van der Waals surface area contributed by atoms with Gasteiger partial charge in [-0.1, -0.05) is 17.1 Å². The fourth-order valence-corrected chi connectivity index (χ4v) is 6.30. The van der Waals surface area contributed by atoms with Crippen LogP contribution in [0.4, 0.5) is 5.13 Å². The van der Waals surface area contributed by atoms with Crippen molar-refractivity contribution in [3.8, 4) is 12.3 Å². The Morgan fingerprint density at radius 1 is 1.49 bits per heavy atom. The minimum absolute atomic E-state index is 0.0555. The van der Waals surface area contributed by atoms with Gasteiger partial charge < -0.3 is 21.0 Å². The van der Waals surface area contributed by atoms with E-state index in [1.807, 2.05) is 23.6 Å². The molecule has 1 unspecified atom stereocenters. The van der Waals surface area contributed by atoms with Crippen LogP contribution in [-0.2, 0) is 19.2 Å². The number of oxime groups is 1. The molecule has 0 saturated carbocycles. The summed E-state index contributed by atoms with van der Waals surface area (Å²) in [7, 11) is 0. The SMILES string of the molecule is C#CCON=C(C(=O)NC1C(=O)N2C(C(=O)O)=C(CS/C=C\c3cccnc3)CS[C@H]12)c1csc(N)n1. The number of rotatable bonds is 10. The van der Waals surface area contributed by atoms with E-state index in [0.717, 1.165) is 16.9 Å². The standard InChI is InChI=1S/C23H20N6O5S3/c1-2-7-34-28-16(15-12-37-23(24)26-15)19(30)27-17-20(31)29-18(22(32)33)14(11-36-21(17)29)10-35-8-5-13-4-3-6-25-9-13/h1,3-6,8-9,12,17,21H,7,10-11H2,(H2,24,26)(H,27,30)(H,32,33)/b8-5-,28-16?/t17?,21-/m1/s1. The van der Waals surface area contributed by atoms with Crippen LogP contribution in [-0.4, -0.2) is 73.0 Å². The van der Waals surface area contributed by atoms with Crippen LogP contribution in [0.25, 0.3) is 6.08 Å². The van der Waals surface area contributed by atoms with E-state index < -0.39 is 29.2 Å². The van der Waals surface area contributed by atoms with Crippen LogP contribution in [0.15, 0.2) is 51.7 Å². The third-order valence-electron chi connectivity index (χ3n) is 5.12. The maximum absolute atomic E-state index is 13.0. The van der Waals surface area contributed by atoms with Crippen molar-refractivity contribution in [3.05, 3.63) is 57.8 Å². The molecule has 2 aliphatic heterocycles. The van der Waals surface area contributed by atoms with Gasteiger partial charge in [0.25, 0.3) is 11.8 Å². The number of carboxylic acids is 1. The Hall–Kier alpha value is -3.80. The molecule has 2 atom stereocenters. The van der Waals surface area contributed by atoms with Gasteiger partial charge in [0, 0.05) is 29.3 Å². The van der Waals surface area contributed by atoms with Crippen molar-refractivity contribution in [1.82, 2.24) is 20.2 Å². The minimum atomic E-state index is -1.20. The van der Waals surface area contributed by atoms with E-state index in [1.54, 1.807) is 12.4 Å². The van der Waals surface area contributed by atoms with Gasteiger partial charge in [0.2, 0.25) is 0 Å². The summed E-state index contributed by atoms with van der Waals surface area (Å²) in [6, 6.07) is 2.78. The quantitative estimate of drug-likeness (QED) is 0.129. The highest BCUT2D eigenvalue weighted by molar-refractivity contribution is 8.02. The molecule has 4 heterocycles. The summed E-state index contributed by atoms with van der Waals surface area (Å²) >= 11 is 3.90. The number of carbonyl (C=O) groups is 3. The number of pyridine rings is 1. The van der Waals surface area contributed by atoms with Crippen molar-refractivity contribution in [2.45, 2.75) is 11.4 Å². The summed E-state index contributed by atoms with van der Waals surface area (Å²) < 4.78 is 0. The normalized spacial score (nSPS) is 19.3. The number of thioether (sulfide) groups is 2. The van der Waals surface area contributed by atoms with Gasteiger partial charge in [-0.2, -0.15) is 0 Å². The Morgan fingerprint density at radius 3 is 3.00 bits per heavy atom. The second-order valence-electron chi connectivity index (χ2n) is 7.51. The number of β-lactam (4-membered cyclic amide) rings is 1. The number of anilines is 1. The number of fused-ring (bicyclic) bond motifs is 1. The number of nitrogens with two attached hydrogens (primary N) is 1. The molecule has 4 rings (SSSR count). The highest BCUT2D eigenvalue weighted by Gasteiger charge is 2.54. The van der Waals surface area contributed by atoms with E-state index in [2.05, 4.69) is 26.4 Å². The Morgan fingerprint density at radius 2 is 2.32 bits per heavy atom. The van der Waals surface area contributed by atoms with E-state index in [4.69, 9.17) is 17.0 Å². The average Bonchev–Trinajstić information content (AvgIpc) is 3.33. The largest absolute Gasteiger partial charge is 0.477 e. The Bertz CT molecular complexity index is 1330. The molecule has 0 bridgehead atoms. The molecule has 2 aliphatic rings. The van der Waals surface area contributed by atoms with Crippen molar-refractivity contribution < 1.29 is 24.3 Å². The topological polar surface area (TPSA) is 160 Å². The Labute approximate surface area is 224 Å². The van der Waals surface area contributed by atoms with Crippen LogP contribution in [0.3, 0.4) is 0 Å². The predicted octanol–water partition coefficient (Wildman–Crippen LogP) is 1.62. The first-order valence-electron chi connectivity index (χ1n) is 10.6. The molecule has 0 spiro atoms. The van der Waals surface area contributed by atoms with Crippen molar-refractivity contribution in [2.75, 3.05) is 23.8 Å². The number of nitrogen functional groups attached to an aromatic ring is 1. The van der Waals surface area contributed by atoms with Gasteiger partial charge in [-0.05, 0) is 28.7 Å². The van der Waals surface area contributed by atoms with Gasteiger partial charge in [0.05, 0.1) is 0 Å². The first-order chi connectivity index (χ1) is 17.9. The zero-order valence-electron chi connectivity index (χ0n) is 19.1. The highest BCUT2D eigenvalue weighted by Crippen LogP contribution is 2.41. The number of carbonyl (C=O) groups excluding carboxylic acids is 2. The fraction of sp³-hybridized carbons (Fsp3) is 0.217. The molecule has 2 aromatic heterocycles. The van der Waals surface area contributed by atoms with Crippen molar-refractivity contribution in [3.63, 3.8) is 0 Å². The summed E-state index contributed by atoms with van der Waals surface area (Å²) in [4.78, 5) is 52.3. The number of aliphatic carboxylic acids is 1. The van der Waals surface area contributed by atoms with Crippen LogP contribution in [0.2, 0.25) is 0 Å². The van der Waals surface area contributed by atoms with Crippen LogP contribution in [0, 0.1) is 12.3 Å². The molecule has 0 aromatic carbocycles. The fourth-order valence-electron chi connectivity index (χ4n) is 3.49. The van der Waals surface area contributed by atoms with E-state index in [-0.39, 0.29) is 28.8 Å². The van der Waals surface area contributed by atoms with Crippen molar-refractivity contribution in [1.29, 1.82) is 0 Å². The number of amides is 2. The Kier molecular flexibility index (Phi) is 8.49. The van der Waals surface area contributed by atoms with Gasteiger partial charge >= 0.3 is 5.97 Å². The molecule has 4 N–H and O–H groups in total. The molecule has 37 heavy (non-hydrogen) atoms. The number of nitrogens with one attached hydrogen (secondary N) is 1. The second-order valence-corrected chi connectivity index (χ2v) is 10.4. The second kappa shape index (κ2) is 12.0. The maximum atomic E-state index is 13.0. The molecule has 11 nitrogen and oxygen atoms in total. The lowest BCUT2D eigenvalue weighted by atomic mass is 10.0. The summed E-state index contributed by atoms with van der Waals surface area (Å²) in [5, 5.41) is 19.3. The summed E-state index contributed by atoms with van der Waals surface area (Å²) in [6.07, 6.45) is 10.4. The van der Waals surface area contributed by atoms with E-state index in [0.29, 0.717) is 17.1 Å². The zero-order valence-corrected chi connectivity index (χ0v) is 21.5. The number of hydrogen-bond donors (Lipinski definition) is 3. The molecular formula is C23H20N6O5S3. The zero-order chi connectivity index (χ0) is 26.4. The molecule has 1 saturated heterocycles. The van der Waals surface area contributed by atoms with Crippen LogP contribution < -0.4 is 11.1 Å². The molecule has 2 aromatic rings.